The van der Waals surface area contributed by atoms with Crippen LogP contribution in [-0.4, -0.2) is 21.8 Å². The molecule has 0 saturated heterocycles. The minimum atomic E-state index is -0.616. The summed E-state index contributed by atoms with van der Waals surface area (Å²) >= 11 is 11.6. The lowest BCUT2D eigenvalue weighted by atomic mass is 10.0. The fourth-order valence-corrected chi connectivity index (χ4v) is 1.98. The molecule has 0 fully saturated rings. The van der Waals surface area contributed by atoms with Crippen molar-refractivity contribution in [2.75, 3.05) is 0 Å². The van der Waals surface area contributed by atoms with Crippen LogP contribution in [-0.2, 0) is 16.0 Å². The van der Waals surface area contributed by atoms with E-state index in [-0.39, 0.29) is 33.5 Å². The van der Waals surface area contributed by atoms with Gasteiger partial charge in [-0.25, -0.2) is 0 Å². The van der Waals surface area contributed by atoms with Gasteiger partial charge < -0.3 is 9.84 Å². The number of halogens is 2. The van der Waals surface area contributed by atoms with E-state index < -0.39 is 11.6 Å². The molecule has 0 saturated carbocycles. The predicted molar refractivity (Wildman–Crippen MR) is 75.3 cm³/mol. The Balaban J connectivity index is 3.10. The van der Waals surface area contributed by atoms with Gasteiger partial charge in [0.05, 0.1) is 12.0 Å². The van der Waals surface area contributed by atoms with Crippen LogP contribution in [0.1, 0.15) is 31.9 Å². The van der Waals surface area contributed by atoms with Crippen molar-refractivity contribution < 1.29 is 14.6 Å². The van der Waals surface area contributed by atoms with Gasteiger partial charge in [0.1, 0.15) is 16.5 Å². The van der Waals surface area contributed by atoms with Crippen LogP contribution in [0, 0.1) is 5.41 Å². The molecule has 1 aromatic carbocycles. The molecule has 0 aliphatic rings. The first-order valence-corrected chi connectivity index (χ1v) is 6.34. The summed E-state index contributed by atoms with van der Waals surface area (Å²) in [5.41, 5.74) is -0.273. The molecule has 0 atom stereocenters. The van der Waals surface area contributed by atoms with Gasteiger partial charge in [-0.1, -0.05) is 23.2 Å². The summed E-state index contributed by atoms with van der Waals surface area (Å²) in [6.07, 6.45) is -0.158. The second-order valence-corrected chi connectivity index (χ2v) is 5.78. The molecule has 0 aromatic heterocycles. The Bertz CT molecular complexity index is 521. The number of esters is 1. The van der Waals surface area contributed by atoms with Crippen LogP contribution in [0.15, 0.2) is 12.1 Å². The average Bonchev–Trinajstić information content (AvgIpc) is 2.20. The van der Waals surface area contributed by atoms with Crippen molar-refractivity contribution in [1.29, 1.82) is 5.41 Å². The standard InChI is InChI=1S/C13H15Cl2NO3/c1-13(2,3)19-10(18)6-7-8(14)4-5-9(17)11(7)12(15)16/h4-5,16-17H,6H2,1-3H3. The molecule has 104 valence electrons. The van der Waals surface area contributed by atoms with Gasteiger partial charge in [-0.05, 0) is 38.5 Å². The van der Waals surface area contributed by atoms with E-state index in [1.807, 2.05) is 0 Å². The lowest BCUT2D eigenvalue weighted by molar-refractivity contribution is -0.153. The number of hydrogen-bond acceptors (Lipinski definition) is 4. The topological polar surface area (TPSA) is 70.4 Å². The molecule has 2 N–H and O–H groups in total. The number of aromatic hydroxyl groups is 1. The van der Waals surface area contributed by atoms with Gasteiger partial charge in [-0.3, -0.25) is 10.2 Å². The maximum absolute atomic E-state index is 11.8. The fourth-order valence-electron chi connectivity index (χ4n) is 1.55. The Morgan fingerprint density at radius 1 is 1.42 bits per heavy atom. The SMILES string of the molecule is CC(C)(C)OC(=O)Cc1c(Cl)ccc(O)c1C(=N)Cl. The van der Waals surface area contributed by atoms with Crippen molar-refractivity contribution in [3.63, 3.8) is 0 Å². The van der Waals surface area contributed by atoms with Gasteiger partial charge in [0.2, 0.25) is 0 Å². The molecule has 0 heterocycles. The first-order chi connectivity index (χ1) is 8.61. The molecule has 0 aliphatic carbocycles. The predicted octanol–water partition coefficient (Wildman–Crippen LogP) is 3.49. The van der Waals surface area contributed by atoms with Crippen LogP contribution in [0.4, 0.5) is 0 Å². The lowest BCUT2D eigenvalue weighted by Gasteiger charge is -2.20. The molecule has 1 rings (SSSR count). The van der Waals surface area contributed by atoms with Gasteiger partial charge in [0, 0.05) is 5.02 Å². The average molecular weight is 304 g/mol. The Morgan fingerprint density at radius 2 is 2.00 bits per heavy atom. The summed E-state index contributed by atoms with van der Waals surface area (Å²) in [6, 6.07) is 2.77. The van der Waals surface area contributed by atoms with Crippen LogP contribution in [0.2, 0.25) is 5.02 Å². The highest BCUT2D eigenvalue weighted by Gasteiger charge is 2.21. The van der Waals surface area contributed by atoms with Crippen LogP contribution < -0.4 is 0 Å². The Hall–Kier alpha value is -1.26. The quantitative estimate of drug-likeness (QED) is 0.663. The van der Waals surface area contributed by atoms with E-state index in [2.05, 4.69) is 0 Å². The minimum Gasteiger partial charge on any atom is -0.507 e. The lowest BCUT2D eigenvalue weighted by Crippen LogP contribution is -2.25. The number of hydrogen-bond donors (Lipinski definition) is 2. The van der Waals surface area contributed by atoms with E-state index in [1.54, 1.807) is 20.8 Å². The van der Waals surface area contributed by atoms with Crippen LogP contribution >= 0.6 is 23.2 Å². The van der Waals surface area contributed by atoms with Crippen molar-refractivity contribution in [3.8, 4) is 5.75 Å². The van der Waals surface area contributed by atoms with E-state index in [9.17, 15) is 9.90 Å². The van der Waals surface area contributed by atoms with E-state index in [0.29, 0.717) is 0 Å². The summed E-state index contributed by atoms with van der Waals surface area (Å²) < 4.78 is 5.18. The van der Waals surface area contributed by atoms with Crippen LogP contribution in [0.5, 0.6) is 5.75 Å². The largest absolute Gasteiger partial charge is 0.507 e. The minimum absolute atomic E-state index is 0.0556. The maximum atomic E-state index is 11.8. The summed E-state index contributed by atoms with van der Waals surface area (Å²) in [5, 5.41) is 17.0. The van der Waals surface area contributed by atoms with Gasteiger partial charge in [0.25, 0.3) is 0 Å². The van der Waals surface area contributed by atoms with Crippen molar-refractivity contribution in [2.24, 2.45) is 0 Å². The number of rotatable bonds is 3. The van der Waals surface area contributed by atoms with E-state index in [0.717, 1.165) is 0 Å². The number of carbonyl (C=O) groups excluding carboxylic acids is 1. The highest BCUT2D eigenvalue weighted by atomic mass is 35.5. The normalized spacial score (nSPS) is 11.2. The Morgan fingerprint density at radius 3 is 2.47 bits per heavy atom. The van der Waals surface area contributed by atoms with Crippen molar-refractivity contribution >= 4 is 34.3 Å². The number of ether oxygens (including phenoxy) is 1. The third-order valence-corrected chi connectivity index (χ3v) is 2.74. The van der Waals surface area contributed by atoms with Gasteiger partial charge >= 0.3 is 5.97 Å². The zero-order valence-corrected chi connectivity index (χ0v) is 12.4. The second-order valence-electron chi connectivity index (χ2n) is 5.00. The number of phenols is 1. The molecule has 6 heteroatoms. The Kier molecular flexibility index (Phi) is 4.82. The van der Waals surface area contributed by atoms with Crippen molar-refractivity contribution in [3.05, 3.63) is 28.3 Å². The molecule has 0 amide bonds. The highest BCUT2D eigenvalue weighted by Crippen LogP contribution is 2.30. The smallest absolute Gasteiger partial charge is 0.310 e. The highest BCUT2D eigenvalue weighted by molar-refractivity contribution is 6.69. The first kappa shape index (κ1) is 15.8. The molecular weight excluding hydrogens is 289 g/mol. The van der Waals surface area contributed by atoms with Crippen LogP contribution in [0.3, 0.4) is 0 Å². The fraction of sp³-hybridized carbons (Fsp3) is 0.385. The first-order valence-electron chi connectivity index (χ1n) is 5.58. The van der Waals surface area contributed by atoms with Crippen LogP contribution in [0.25, 0.3) is 0 Å². The molecular formula is C13H15Cl2NO3. The second kappa shape index (κ2) is 5.80. The van der Waals surface area contributed by atoms with Gasteiger partial charge in [-0.15, -0.1) is 0 Å². The third kappa shape index (κ3) is 4.40. The maximum Gasteiger partial charge on any atom is 0.310 e. The molecule has 0 radical (unpaired) electrons. The van der Waals surface area contributed by atoms with E-state index in [1.165, 1.54) is 12.1 Å². The molecule has 0 bridgehead atoms. The molecule has 19 heavy (non-hydrogen) atoms. The van der Waals surface area contributed by atoms with Gasteiger partial charge in [-0.2, -0.15) is 0 Å². The monoisotopic (exact) mass is 303 g/mol. The molecule has 0 spiro atoms. The number of benzene rings is 1. The summed E-state index contributed by atoms with van der Waals surface area (Å²) in [5.74, 6) is -0.692. The summed E-state index contributed by atoms with van der Waals surface area (Å²) in [4.78, 5) is 11.8. The number of phenolic OH excluding ortho intramolecular Hbond substituents is 1. The van der Waals surface area contributed by atoms with E-state index >= 15 is 0 Å². The van der Waals surface area contributed by atoms with E-state index in [4.69, 9.17) is 33.3 Å². The van der Waals surface area contributed by atoms with Crippen molar-refractivity contribution in [2.45, 2.75) is 32.8 Å². The molecule has 1 aromatic rings. The number of carbonyl (C=O) groups is 1. The third-order valence-electron chi connectivity index (χ3n) is 2.19. The van der Waals surface area contributed by atoms with Crippen molar-refractivity contribution in [1.82, 2.24) is 0 Å². The number of nitrogens with one attached hydrogen (secondary N) is 1. The van der Waals surface area contributed by atoms with Gasteiger partial charge in [0.15, 0.2) is 0 Å². The summed E-state index contributed by atoms with van der Waals surface area (Å²) in [7, 11) is 0. The zero-order valence-electron chi connectivity index (χ0n) is 10.9. The molecule has 0 aliphatic heterocycles. The summed E-state index contributed by atoms with van der Waals surface area (Å²) in [6.45, 7) is 5.25. The Labute approximate surface area is 121 Å². The zero-order chi connectivity index (χ0) is 14.8. The molecule has 0 unspecified atom stereocenters. The molecule has 4 nitrogen and oxygen atoms in total.